The van der Waals surface area contributed by atoms with Crippen LogP contribution >= 0.6 is 0 Å². The quantitative estimate of drug-likeness (QED) is 0.470. The van der Waals surface area contributed by atoms with Gasteiger partial charge in [0, 0.05) is 0 Å². The van der Waals surface area contributed by atoms with Gasteiger partial charge in [0.25, 0.3) is 0 Å². The molecule has 0 aromatic heterocycles. The third-order valence-corrected chi connectivity index (χ3v) is 1.13. The Bertz CT molecular complexity index is 124. The molecule has 0 saturated heterocycles. The van der Waals surface area contributed by atoms with Crippen LogP contribution in [0.25, 0.3) is 0 Å². The van der Waals surface area contributed by atoms with Gasteiger partial charge in [0.2, 0.25) is 0 Å². The molecule has 0 aliphatic heterocycles. The molecule has 64 valence electrons. The van der Waals surface area contributed by atoms with E-state index in [1.165, 1.54) is 0 Å². The standard InChI is InChI=1S/C8H14O3/c1-7(2)3-5-11-6-4-8(9)10/h1,3-6H2,2H3,(H,9,10). The number of carbonyl (C=O) groups is 1. The second kappa shape index (κ2) is 5.92. The van der Waals surface area contributed by atoms with Crippen LogP contribution in [0.2, 0.25) is 0 Å². The molecule has 0 atom stereocenters. The van der Waals surface area contributed by atoms with E-state index >= 15 is 0 Å². The number of ether oxygens (including phenoxy) is 1. The molecule has 3 heteroatoms. The maximum Gasteiger partial charge on any atom is 0.305 e. The average Bonchev–Trinajstić information content (AvgIpc) is 1.85. The Hall–Kier alpha value is -0.830. The molecular weight excluding hydrogens is 144 g/mol. The van der Waals surface area contributed by atoms with Crippen LogP contribution in [0.5, 0.6) is 0 Å². The molecule has 0 aliphatic rings. The molecule has 0 aromatic rings. The molecule has 0 saturated carbocycles. The molecule has 0 bridgehead atoms. The summed E-state index contributed by atoms with van der Waals surface area (Å²) >= 11 is 0. The normalized spacial score (nSPS) is 9.55. The predicted octanol–water partition coefficient (Wildman–Crippen LogP) is 1.44. The zero-order chi connectivity index (χ0) is 8.69. The van der Waals surface area contributed by atoms with Crippen molar-refractivity contribution in [3.8, 4) is 0 Å². The monoisotopic (exact) mass is 158 g/mol. The Kier molecular flexibility index (Phi) is 5.47. The van der Waals surface area contributed by atoms with Crippen molar-refractivity contribution in [3.63, 3.8) is 0 Å². The van der Waals surface area contributed by atoms with E-state index in [0.717, 1.165) is 12.0 Å². The Morgan fingerprint density at radius 1 is 1.45 bits per heavy atom. The molecule has 0 aliphatic carbocycles. The SMILES string of the molecule is C=C(C)CCOCCC(=O)O. The number of carboxylic acid groups (broad SMARTS) is 1. The van der Waals surface area contributed by atoms with Crippen LogP contribution in [0.1, 0.15) is 19.8 Å². The highest BCUT2D eigenvalue weighted by Crippen LogP contribution is 1.95. The van der Waals surface area contributed by atoms with Gasteiger partial charge in [-0.05, 0) is 13.3 Å². The van der Waals surface area contributed by atoms with Gasteiger partial charge >= 0.3 is 5.97 Å². The first kappa shape index (κ1) is 10.2. The molecule has 3 nitrogen and oxygen atoms in total. The topological polar surface area (TPSA) is 46.5 Å². The third-order valence-electron chi connectivity index (χ3n) is 1.13. The molecule has 0 heterocycles. The first-order valence-electron chi connectivity index (χ1n) is 3.57. The second-order valence-corrected chi connectivity index (χ2v) is 2.46. The van der Waals surface area contributed by atoms with Crippen LogP contribution in [-0.2, 0) is 9.53 Å². The molecule has 0 spiro atoms. The van der Waals surface area contributed by atoms with Crippen LogP contribution in [0.15, 0.2) is 12.2 Å². The van der Waals surface area contributed by atoms with Crippen molar-refractivity contribution in [2.75, 3.05) is 13.2 Å². The Balaban J connectivity index is 3.03. The summed E-state index contributed by atoms with van der Waals surface area (Å²) in [5.41, 5.74) is 1.06. The van der Waals surface area contributed by atoms with Crippen LogP contribution in [0, 0.1) is 0 Å². The zero-order valence-electron chi connectivity index (χ0n) is 6.80. The summed E-state index contributed by atoms with van der Waals surface area (Å²) in [6.45, 7) is 6.48. The summed E-state index contributed by atoms with van der Waals surface area (Å²) in [4.78, 5) is 10.00. The van der Waals surface area contributed by atoms with Gasteiger partial charge in [0.1, 0.15) is 0 Å². The maximum atomic E-state index is 10.00. The molecule has 0 aromatic carbocycles. The van der Waals surface area contributed by atoms with Crippen LogP contribution < -0.4 is 0 Å². The highest BCUT2D eigenvalue weighted by atomic mass is 16.5. The minimum absolute atomic E-state index is 0.0796. The smallest absolute Gasteiger partial charge is 0.305 e. The van der Waals surface area contributed by atoms with Gasteiger partial charge in [-0.15, -0.1) is 6.58 Å². The van der Waals surface area contributed by atoms with Crippen molar-refractivity contribution in [2.24, 2.45) is 0 Å². The lowest BCUT2D eigenvalue weighted by Crippen LogP contribution is -2.03. The lowest BCUT2D eigenvalue weighted by atomic mass is 10.3. The molecule has 0 fully saturated rings. The van der Waals surface area contributed by atoms with Crippen molar-refractivity contribution in [1.82, 2.24) is 0 Å². The lowest BCUT2D eigenvalue weighted by Gasteiger charge is -2.00. The first-order chi connectivity index (χ1) is 5.13. The largest absolute Gasteiger partial charge is 0.481 e. The van der Waals surface area contributed by atoms with Gasteiger partial charge in [-0.3, -0.25) is 4.79 Å². The van der Waals surface area contributed by atoms with E-state index in [2.05, 4.69) is 6.58 Å². The summed E-state index contributed by atoms with van der Waals surface area (Å²) in [5.74, 6) is -0.819. The van der Waals surface area contributed by atoms with E-state index in [0.29, 0.717) is 13.2 Å². The average molecular weight is 158 g/mol. The number of hydrogen-bond acceptors (Lipinski definition) is 2. The Morgan fingerprint density at radius 3 is 2.45 bits per heavy atom. The third kappa shape index (κ3) is 9.17. The van der Waals surface area contributed by atoms with Gasteiger partial charge < -0.3 is 9.84 Å². The fourth-order valence-electron chi connectivity index (χ4n) is 0.508. The zero-order valence-corrected chi connectivity index (χ0v) is 6.80. The van der Waals surface area contributed by atoms with Crippen LogP contribution in [0.3, 0.4) is 0 Å². The lowest BCUT2D eigenvalue weighted by molar-refractivity contribution is -0.138. The van der Waals surface area contributed by atoms with E-state index in [1.807, 2.05) is 6.92 Å². The van der Waals surface area contributed by atoms with Gasteiger partial charge in [-0.1, -0.05) is 5.57 Å². The van der Waals surface area contributed by atoms with Gasteiger partial charge in [-0.25, -0.2) is 0 Å². The fraction of sp³-hybridized carbons (Fsp3) is 0.625. The summed E-state index contributed by atoms with van der Waals surface area (Å²) in [7, 11) is 0. The summed E-state index contributed by atoms with van der Waals surface area (Å²) in [5, 5.41) is 8.22. The number of aliphatic carboxylic acids is 1. The molecule has 0 radical (unpaired) electrons. The number of rotatable bonds is 6. The number of hydrogen-bond donors (Lipinski definition) is 1. The summed E-state index contributed by atoms with van der Waals surface area (Å²) in [6.07, 6.45) is 0.885. The first-order valence-corrected chi connectivity index (χ1v) is 3.57. The second-order valence-electron chi connectivity index (χ2n) is 2.46. The summed E-state index contributed by atoms with van der Waals surface area (Å²) in [6, 6.07) is 0. The van der Waals surface area contributed by atoms with Crippen molar-refractivity contribution >= 4 is 5.97 Å². The summed E-state index contributed by atoms with van der Waals surface area (Å²) < 4.78 is 5.01. The van der Waals surface area contributed by atoms with Crippen molar-refractivity contribution in [1.29, 1.82) is 0 Å². The minimum atomic E-state index is -0.819. The van der Waals surface area contributed by atoms with Crippen LogP contribution in [-0.4, -0.2) is 24.3 Å². The Morgan fingerprint density at radius 2 is 2.00 bits per heavy atom. The van der Waals surface area contributed by atoms with E-state index in [9.17, 15) is 4.79 Å². The number of carboxylic acids is 1. The van der Waals surface area contributed by atoms with Crippen molar-refractivity contribution < 1.29 is 14.6 Å². The fourth-order valence-corrected chi connectivity index (χ4v) is 0.508. The van der Waals surface area contributed by atoms with E-state index in [-0.39, 0.29) is 6.42 Å². The van der Waals surface area contributed by atoms with Crippen LogP contribution in [0.4, 0.5) is 0 Å². The van der Waals surface area contributed by atoms with Crippen molar-refractivity contribution in [3.05, 3.63) is 12.2 Å². The van der Waals surface area contributed by atoms with E-state index < -0.39 is 5.97 Å². The molecule has 1 N–H and O–H groups in total. The van der Waals surface area contributed by atoms with Crippen molar-refractivity contribution in [2.45, 2.75) is 19.8 Å². The molecule has 0 unspecified atom stereocenters. The Labute approximate surface area is 66.7 Å². The predicted molar refractivity (Wildman–Crippen MR) is 42.5 cm³/mol. The van der Waals surface area contributed by atoms with E-state index in [1.54, 1.807) is 0 Å². The molecule has 0 rings (SSSR count). The molecular formula is C8H14O3. The van der Waals surface area contributed by atoms with Gasteiger partial charge in [0.05, 0.1) is 19.6 Å². The molecule has 0 amide bonds. The molecule has 11 heavy (non-hydrogen) atoms. The highest BCUT2D eigenvalue weighted by Gasteiger charge is 1.95. The van der Waals surface area contributed by atoms with Gasteiger partial charge in [0.15, 0.2) is 0 Å². The minimum Gasteiger partial charge on any atom is -0.481 e. The van der Waals surface area contributed by atoms with Gasteiger partial charge in [-0.2, -0.15) is 0 Å². The highest BCUT2D eigenvalue weighted by molar-refractivity contribution is 5.66. The van der Waals surface area contributed by atoms with E-state index in [4.69, 9.17) is 9.84 Å². The maximum absolute atomic E-state index is 10.00.